The van der Waals surface area contributed by atoms with E-state index in [1.807, 2.05) is 6.08 Å². The van der Waals surface area contributed by atoms with Crippen LogP contribution in [0.1, 0.15) is 12.6 Å². The third-order valence-corrected chi connectivity index (χ3v) is 4.06. The Kier molecular flexibility index (Phi) is 4.11. The molecular weight excluding hydrogens is 260 g/mol. The summed E-state index contributed by atoms with van der Waals surface area (Å²) in [7, 11) is 0. The second-order valence-corrected chi connectivity index (χ2v) is 5.29. The molecule has 1 fully saturated rings. The number of aromatic nitrogens is 1. The van der Waals surface area contributed by atoms with E-state index in [4.69, 9.17) is 4.74 Å². The molecule has 0 bridgehead atoms. The van der Waals surface area contributed by atoms with Gasteiger partial charge in [0.1, 0.15) is 0 Å². The molecule has 110 valence electrons. The number of hydrogen-bond donors (Lipinski definition) is 0. The molecule has 1 aromatic heterocycles. The van der Waals surface area contributed by atoms with E-state index >= 15 is 0 Å². The first-order valence-electron chi connectivity index (χ1n) is 7.57. The van der Waals surface area contributed by atoms with Crippen molar-refractivity contribution in [3.8, 4) is 11.1 Å². The van der Waals surface area contributed by atoms with Crippen molar-refractivity contribution in [2.75, 3.05) is 31.2 Å². The van der Waals surface area contributed by atoms with Crippen LogP contribution in [0.3, 0.4) is 0 Å². The molecule has 0 spiro atoms. The van der Waals surface area contributed by atoms with Gasteiger partial charge in [0.15, 0.2) is 0 Å². The van der Waals surface area contributed by atoms with Crippen LogP contribution < -0.4 is 4.90 Å². The molecule has 1 aliphatic heterocycles. The largest absolute Gasteiger partial charge is 0.378 e. The zero-order valence-corrected chi connectivity index (χ0v) is 12.6. The highest BCUT2D eigenvalue weighted by molar-refractivity contribution is 5.69. The predicted molar refractivity (Wildman–Crippen MR) is 88.7 cm³/mol. The van der Waals surface area contributed by atoms with Crippen molar-refractivity contribution in [3.05, 3.63) is 48.8 Å². The summed E-state index contributed by atoms with van der Waals surface area (Å²) in [5, 5.41) is 0. The zero-order valence-electron chi connectivity index (χ0n) is 12.6. The van der Waals surface area contributed by atoms with Crippen LogP contribution in [0.25, 0.3) is 17.2 Å². The SMILES string of the molecule is C=Cc1cc(-c2ccc(N3CCOCC3)cc2)cn1CC. The summed E-state index contributed by atoms with van der Waals surface area (Å²) in [6, 6.07) is 11.0. The number of benzene rings is 1. The molecule has 0 aliphatic carbocycles. The molecule has 0 unspecified atom stereocenters. The molecule has 0 N–H and O–H groups in total. The standard InChI is InChI=1S/C18H22N2O/c1-3-17-13-16(14-19(17)4-2)15-5-7-18(8-6-15)20-9-11-21-12-10-20/h3,5-8,13-14H,1,4,9-12H2,2H3. The van der Waals surface area contributed by atoms with Crippen molar-refractivity contribution in [2.24, 2.45) is 0 Å². The minimum Gasteiger partial charge on any atom is -0.378 e. The fraction of sp³-hybridized carbons (Fsp3) is 0.333. The molecule has 3 heteroatoms. The Morgan fingerprint density at radius 1 is 1.14 bits per heavy atom. The van der Waals surface area contributed by atoms with Gasteiger partial charge in [-0.1, -0.05) is 18.7 Å². The maximum Gasteiger partial charge on any atom is 0.0642 e. The fourth-order valence-electron chi connectivity index (χ4n) is 2.82. The van der Waals surface area contributed by atoms with Gasteiger partial charge in [-0.2, -0.15) is 0 Å². The Hall–Kier alpha value is -2.00. The summed E-state index contributed by atoms with van der Waals surface area (Å²) in [5.74, 6) is 0. The summed E-state index contributed by atoms with van der Waals surface area (Å²) in [6.45, 7) is 10.6. The quantitative estimate of drug-likeness (QED) is 0.851. The number of ether oxygens (including phenoxy) is 1. The topological polar surface area (TPSA) is 17.4 Å². The molecule has 1 aliphatic rings. The molecule has 0 amide bonds. The lowest BCUT2D eigenvalue weighted by Crippen LogP contribution is -2.36. The third-order valence-electron chi connectivity index (χ3n) is 4.06. The fourth-order valence-corrected chi connectivity index (χ4v) is 2.82. The highest BCUT2D eigenvalue weighted by atomic mass is 16.5. The third kappa shape index (κ3) is 2.88. The summed E-state index contributed by atoms with van der Waals surface area (Å²) < 4.78 is 7.62. The molecule has 21 heavy (non-hydrogen) atoms. The van der Waals surface area contributed by atoms with Gasteiger partial charge < -0.3 is 14.2 Å². The molecule has 0 atom stereocenters. The van der Waals surface area contributed by atoms with Crippen LogP contribution in [0.2, 0.25) is 0 Å². The predicted octanol–water partition coefficient (Wildman–Crippen LogP) is 3.65. The van der Waals surface area contributed by atoms with Gasteiger partial charge >= 0.3 is 0 Å². The van der Waals surface area contributed by atoms with Crippen molar-refractivity contribution in [2.45, 2.75) is 13.5 Å². The van der Waals surface area contributed by atoms with E-state index in [0.29, 0.717) is 0 Å². The van der Waals surface area contributed by atoms with Crippen LogP contribution in [0, 0.1) is 0 Å². The van der Waals surface area contributed by atoms with E-state index in [0.717, 1.165) is 32.8 Å². The van der Waals surface area contributed by atoms with Crippen LogP contribution in [-0.2, 0) is 11.3 Å². The first kappa shape index (κ1) is 14.0. The molecule has 1 aromatic carbocycles. The Labute approximate surface area is 126 Å². The smallest absolute Gasteiger partial charge is 0.0642 e. The minimum absolute atomic E-state index is 0.823. The highest BCUT2D eigenvalue weighted by Crippen LogP contribution is 2.26. The molecule has 3 rings (SSSR count). The van der Waals surface area contributed by atoms with E-state index in [2.05, 4.69) is 59.5 Å². The monoisotopic (exact) mass is 282 g/mol. The zero-order chi connectivity index (χ0) is 14.7. The van der Waals surface area contributed by atoms with E-state index in [1.54, 1.807) is 0 Å². The number of anilines is 1. The van der Waals surface area contributed by atoms with Gasteiger partial charge in [0, 0.05) is 37.2 Å². The molecule has 0 radical (unpaired) electrons. The van der Waals surface area contributed by atoms with Crippen molar-refractivity contribution >= 4 is 11.8 Å². The van der Waals surface area contributed by atoms with E-state index in [1.165, 1.54) is 22.5 Å². The Morgan fingerprint density at radius 2 is 1.86 bits per heavy atom. The average molecular weight is 282 g/mol. The number of nitrogens with zero attached hydrogens (tertiary/aromatic N) is 2. The number of morpholine rings is 1. The molecule has 2 aromatic rings. The second-order valence-electron chi connectivity index (χ2n) is 5.29. The van der Waals surface area contributed by atoms with Crippen LogP contribution in [0.15, 0.2) is 43.1 Å². The van der Waals surface area contributed by atoms with E-state index in [-0.39, 0.29) is 0 Å². The number of hydrogen-bond acceptors (Lipinski definition) is 2. The van der Waals surface area contributed by atoms with Crippen molar-refractivity contribution in [1.29, 1.82) is 0 Å². The summed E-state index contributed by atoms with van der Waals surface area (Å²) in [6.07, 6.45) is 4.11. The van der Waals surface area contributed by atoms with Gasteiger partial charge in [-0.05, 0) is 42.3 Å². The van der Waals surface area contributed by atoms with Crippen LogP contribution in [0.5, 0.6) is 0 Å². The molecule has 3 nitrogen and oxygen atoms in total. The lowest BCUT2D eigenvalue weighted by molar-refractivity contribution is 0.122. The second kappa shape index (κ2) is 6.19. The van der Waals surface area contributed by atoms with Crippen molar-refractivity contribution < 1.29 is 4.74 Å². The maximum absolute atomic E-state index is 5.40. The number of aryl methyl sites for hydroxylation is 1. The normalized spacial score (nSPS) is 15.2. The van der Waals surface area contributed by atoms with Gasteiger partial charge in [0.2, 0.25) is 0 Å². The van der Waals surface area contributed by atoms with Crippen molar-refractivity contribution in [1.82, 2.24) is 4.57 Å². The lowest BCUT2D eigenvalue weighted by Gasteiger charge is -2.28. The van der Waals surface area contributed by atoms with Gasteiger partial charge in [-0.25, -0.2) is 0 Å². The Morgan fingerprint density at radius 3 is 2.43 bits per heavy atom. The highest BCUT2D eigenvalue weighted by Gasteiger charge is 2.11. The lowest BCUT2D eigenvalue weighted by atomic mass is 10.1. The molecule has 2 heterocycles. The molecular formula is C18H22N2O. The van der Waals surface area contributed by atoms with Gasteiger partial charge in [-0.3, -0.25) is 0 Å². The summed E-state index contributed by atoms with van der Waals surface area (Å²) >= 11 is 0. The van der Waals surface area contributed by atoms with Crippen LogP contribution in [-0.4, -0.2) is 30.9 Å². The van der Waals surface area contributed by atoms with Gasteiger partial charge in [0.05, 0.1) is 13.2 Å². The summed E-state index contributed by atoms with van der Waals surface area (Å²) in [4.78, 5) is 2.37. The Balaban J connectivity index is 1.83. The van der Waals surface area contributed by atoms with E-state index < -0.39 is 0 Å². The maximum atomic E-state index is 5.40. The number of rotatable bonds is 4. The average Bonchev–Trinajstić information content (AvgIpc) is 2.99. The van der Waals surface area contributed by atoms with Gasteiger partial charge in [-0.15, -0.1) is 0 Å². The first-order valence-corrected chi connectivity index (χ1v) is 7.57. The molecule has 0 saturated carbocycles. The molecule has 1 saturated heterocycles. The van der Waals surface area contributed by atoms with E-state index in [9.17, 15) is 0 Å². The van der Waals surface area contributed by atoms with Gasteiger partial charge in [0.25, 0.3) is 0 Å². The van der Waals surface area contributed by atoms with Crippen LogP contribution >= 0.6 is 0 Å². The first-order chi connectivity index (χ1) is 10.3. The van der Waals surface area contributed by atoms with Crippen LogP contribution in [0.4, 0.5) is 5.69 Å². The van der Waals surface area contributed by atoms with Crippen molar-refractivity contribution in [3.63, 3.8) is 0 Å². The minimum atomic E-state index is 0.823. The summed E-state index contributed by atoms with van der Waals surface area (Å²) in [5.41, 5.74) is 4.95. The Bertz CT molecular complexity index is 607.